The Bertz CT molecular complexity index is 573. The number of anilines is 1. The first kappa shape index (κ1) is 18.3. The molecule has 1 aromatic rings. The summed E-state index contributed by atoms with van der Waals surface area (Å²) < 4.78 is 27.4. The molecule has 0 aliphatic rings. The third kappa shape index (κ3) is 8.51. The summed E-state index contributed by atoms with van der Waals surface area (Å²) in [6.45, 7) is 2.84. The molecule has 0 heterocycles. The number of amides is 2. The van der Waals surface area contributed by atoms with Gasteiger partial charge in [-0.2, -0.15) is 0 Å². The van der Waals surface area contributed by atoms with Crippen LogP contribution in [0.5, 0.6) is 5.75 Å². The number of hydrogen-bond donors (Lipinski definition) is 2. The van der Waals surface area contributed by atoms with E-state index in [0.29, 0.717) is 18.0 Å². The number of ether oxygens (including phenoxy) is 1. The molecule has 0 saturated heterocycles. The van der Waals surface area contributed by atoms with Gasteiger partial charge in [0.1, 0.15) is 12.4 Å². The molecular weight excluding hydrogens is 304 g/mol. The van der Waals surface area contributed by atoms with Crippen LogP contribution < -0.4 is 15.4 Å². The van der Waals surface area contributed by atoms with Crippen LogP contribution >= 0.6 is 0 Å². The number of urea groups is 1. The Hall–Kier alpha value is -1.76. The summed E-state index contributed by atoms with van der Waals surface area (Å²) in [4.78, 5) is 11.7. The largest absolute Gasteiger partial charge is 0.492 e. The summed E-state index contributed by atoms with van der Waals surface area (Å²) in [6.07, 6.45) is 4.32. The number of unbranched alkanes of at least 4 members (excludes halogenated alkanes) is 2. The molecular formula is C15H24N2O4S. The third-order valence-electron chi connectivity index (χ3n) is 2.88. The molecule has 7 heteroatoms. The maximum atomic E-state index is 11.7. The molecule has 0 spiro atoms. The van der Waals surface area contributed by atoms with Crippen LogP contribution in [0.2, 0.25) is 0 Å². The zero-order valence-corrected chi connectivity index (χ0v) is 13.9. The zero-order valence-electron chi connectivity index (χ0n) is 13.1. The van der Waals surface area contributed by atoms with E-state index in [1.165, 1.54) is 0 Å². The summed E-state index contributed by atoms with van der Waals surface area (Å²) in [7, 11) is -3.04. The predicted molar refractivity (Wildman–Crippen MR) is 88.2 cm³/mol. The Morgan fingerprint density at radius 3 is 2.73 bits per heavy atom. The lowest BCUT2D eigenvalue weighted by Gasteiger charge is -2.10. The van der Waals surface area contributed by atoms with Gasteiger partial charge >= 0.3 is 6.03 Å². The Morgan fingerprint density at radius 1 is 1.27 bits per heavy atom. The van der Waals surface area contributed by atoms with Crippen molar-refractivity contribution in [2.45, 2.75) is 26.2 Å². The van der Waals surface area contributed by atoms with E-state index in [1.54, 1.807) is 24.3 Å². The molecule has 0 aliphatic heterocycles. The van der Waals surface area contributed by atoms with E-state index in [9.17, 15) is 13.2 Å². The Labute approximate surface area is 132 Å². The van der Waals surface area contributed by atoms with Crippen molar-refractivity contribution in [1.29, 1.82) is 0 Å². The molecule has 2 amide bonds. The number of sulfone groups is 1. The zero-order chi connectivity index (χ0) is 16.4. The minimum Gasteiger partial charge on any atom is -0.492 e. The lowest BCUT2D eigenvalue weighted by Crippen LogP contribution is -2.29. The fourth-order valence-electron chi connectivity index (χ4n) is 1.73. The average Bonchev–Trinajstić information content (AvgIpc) is 2.43. The van der Waals surface area contributed by atoms with Gasteiger partial charge < -0.3 is 15.4 Å². The van der Waals surface area contributed by atoms with Crippen LogP contribution in [0.1, 0.15) is 26.2 Å². The van der Waals surface area contributed by atoms with Crippen molar-refractivity contribution in [3.63, 3.8) is 0 Å². The molecule has 0 bridgehead atoms. The van der Waals surface area contributed by atoms with Gasteiger partial charge in [-0.1, -0.05) is 25.8 Å². The molecule has 1 rings (SSSR count). The molecule has 2 N–H and O–H groups in total. The van der Waals surface area contributed by atoms with Gasteiger partial charge in [0.15, 0.2) is 9.84 Å². The van der Waals surface area contributed by atoms with Gasteiger partial charge in [-0.25, -0.2) is 13.2 Å². The fraction of sp³-hybridized carbons (Fsp3) is 0.533. The van der Waals surface area contributed by atoms with Crippen molar-refractivity contribution in [3.8, 4) is 5.75 Å². The average molecular weight is 328 g/mol. The second kappa shape index (κ2) is 9.30. The first-order valence-corrected chi connectivity index (χ1v) is 9.42. The van der Waals surface area contributed by atoms with E-state index >= 15 is 0 Å². The molecule has 0 fully saturated rings. The van der Waals surface area contributed by atoms with Gasteiger partial charge in [-0.3, -0.25) is 0 Å². The maximum Gasteiger partial charge on any atom is 0.319 e. The molecule has 22 heavy (non-hydrogen) atoms. The van der Waals surface area contributed by atoms with Crippen LogP contribution in [0.4, 0.5) is 10.5 Å². The highest BCUT2D eigenvalue weighted by molar-refractivity contribution is 7.90. The molecule has 1 aromatic carbocycles. The molecule has 6 nitrogen and oxygen atoms in total. The number of rotatable bonds is 9. The summed E-state index contributed by atoms with van der Waals surface area (Å²) in [6, 6.07) is 6.60. The second-order valence-corrected chi connectivity index (χ2v) is 7.35. The van der Waals surface area contributed by atoms with E-state index in [2.05, 4.69) is 17.6 Å². The Kier molecular flexibility index (Phi) is 7.73. The summed E-state index contributed by atoms with van der Waals surface area (Å²) in [5, 5.41) is 5.50. The quantitative estimate of drug-likeness (QED) is 0.682. The predicted octanol–water partition coefficient (Wildman–Crippen LogP) is 2.42. The van der Waals surface area contributed by atoms with Crippen molar-refractivity contribution in [2.75, 3.05) is 30.5 Å². The monoisotopic (exact) mass is 328 g/mol. The smallest absolute Gasteiger partial charge is 0.319 e. The van der Waals surface area contributed by atoms with Gasteiger partial charge in [-0.05, 0) is 18.6 Å². The number of nitrogens with one attached hydrogen (secondary N) is 2. The number of carbonyl (C=O) groups is 1. The minimum absolute atomic E-state index is 0.0391. The van der Waals surface area contributed by atoms with Gasteiger partial charge in [0.05, 0.1) is 5.75 Å². The van der Waals surface area contributed by atoms with E-state index in [-0.39, 0.29) is 18.4 Å². The Morgan fingerprint density at radius 2 is 2.05 bits per heavy atom. The number of benzene rings is 1. The van der Waals surface area contributed by atoms with Crippen molar-refractivity contribution in [3.05, 3.63) is 24.3 Å². The topological polar surface area (TPSA) is 84.5 Å². The highest BCUT2D eigenvalue weighted by Crippen LogP contribution is 2.17. The highest BCUT2D eigenvalue weighted by Gasteiger charge is 2.05. The van der Waals surface area contributed by atoms with E-state index in [0.717, 1.165) is 25.5 Å². The lowest BCUT2D eigenvalue weighted by atomic mass is 10.2. The molecule has 0 aliphatic carbocycles. The molecule has 0 atom stereocenters. The van der Waals surface area contributed by atoms with Crippen molar-refractivity contribution < 1.29 is 17.9 Å². The Balaban J connectivity index is 2.41. The van der Waals surface area contributed by atoms with Crippen molar-refractivity contribution >= 4 is 21.6 Å². The van der Waals surface area contributed by atoms with Crippen molar-refractivity contribution in [2.24, 2.45) is 0 Å². The summed E-state index contributed by atoms with van der Waals surface area (Å²) >= 11 is 0. The summed E-state index contributed by atoms with van der Waals surface area (Å²) in [5.41, 5.74) is 0.602. The fourth-order valence-corrected chi connectivity index (χ4v) is 2.11. The molecule has 0 aromatic heterocycles. The number of hydrogen-bond acceptors (Lipinski definition) is 4. The number of carbonyl (C=O) groups excluding carboxylic acids is 1. The first-order chi connectivity index (χ1) is 10.4. The van der Waals surface area contributed by atoms with Crippen molar-refractivity contribution in [1.82, 2.24) is 5.32 Å². The van der Waals surface area contributed by atoms with E-state index < -0.39 is 9.84 Å². The van der Waals surface area contributed by atoms with Gasteiger partial charge in [0.2, 0.25) is 0 Å². The second-order valence-electron chi connectivity index (χ2n) is 5.09. The van der Waals surface area contributed by atoms with Crippen LogP contribution in [0.15, 0.2) is 24.3 Å². The van der Waals surface area contributed by atoms with Gasteiger partial charge in [0.25, 0.3) is 0 Å². The summed E-state index contributed by atoms with van der Waals surface area (Å²) in [5.74, 6) is 0.482. The molecule has 0 saturated carbocycles. The van der Waals surface area contributed by atoms with Crippen LogP contribution in [-0.2, 0) is 9.84 Å². The van der Waals surface area contributed by atoms with Crippen LogP contribution in [-0.4, -0.2) is 39.6 Å². The lowest BCUT2D eigenvalue weighted by molar-refractivity contribution is 0.252. The SMILES string of the molecule is CCCCCNC(=O)Nc1cccc(OCCS(C)(=O)=O)c1. The highest BCUT2D eigenvalue weighted by atomic mass is 32.2. The van der Waals surface area contributed by atoms with E-state index in [4.69, 9.17) is 4.74 Å². The maximum absolute atomic E-state index is 11.7. The van der Waals surface area contributed by atoms with E-state index in [1.807, 2.05) is 0 Å². The van der Waals surface area contributed by atoms with Gasteiger partial charge in [0, 0.05) is 24.6 Å². The molecule has 124 valence electrons. The third-order valence-corrected chi connectivity index (χ3v) is 3.79. The van der Waals surface area contributed by atoms with Crippen LogP contribution in [0, 0.1) is 0 Å². The standard InChI is InChI=1S/C15H24N2O4S/c1-3-4-5-9-16-15(18)17-13-7-6-8-14(12-13)21-10-11-22(2,19)20/h6-8,12H,3-5,9-11H2,1-2H3,(H2,16,17,18). The normalized spacial score (nSPS) is 11.0. The van der Waals surface area contributed by atoms with Crippen LogP contribution in [0.25, 0.3) is 0 Å². The first-order valence-electron chi connectivity index (χ1n) is 7.36. The van der Waals surface area contributed by atoms with Crippen LogP contribution in [0.3, 0.4) is 0 Å². The minimum atomic E-state index is -3.04. The molecule has 0 unspecified atom stereocenters. The molecule has 0 radical (unpaired) electrons. The van der Waals surface area contributed by atoms with Gasteiger partial charge in [-0.15, -0.1) is 0 Å².